The van der Waals surface area contributed by atoms with Crippen molar-refractivity contribution in [3.05, 3.63) is 59.2 Å². The van der Waals surface area contributed by atoms with E-state index in [1.165, 1.54) is 48.7 Å². The molecule has 1 amide bonds. The van der Waals surface area contributed by atoms with Crippen LogP contribution in [0, 0.1) is 0 Å². The summed E-state index contributed by atoms with van der Waals surface area (Å²) in [5, 5.41) is 16.5. The number of rotatable bonds is 5. The Bertz CT molecular complexity index is 1150. The van der Waals surface area contributed by atoms with Gasteiger partial charge in [-0.3, -0.25) is 0 Å². The van der Waals surface area contributed by atoms with Crippen LogP contribution in [0.15, 0.2) is 48.7 Å². The van der Waals surface area contributed by atoms with Gasteiger partial charge in [0.25, 0.3) is 0 Å². The van der Waals surface area contributed by atoms with Gasteiger partial charge in [0.15, 0.2) is 11.8 Å². The molecule has 1 heterocycles. The number of amides is 1. The van der Waals surface area contributed by atoms with Crippen molar-refractivity contribution in [3.63, 3.8) is 0 Å². The van der Waals surface area contributed by atoms with Crippen LogP contribution in [0.4, 0.5) is 23.7 Å². The van der Waals surface area contributed by atoms with Crippen LogP contribution in [0.25, 0.3) is 10.9 Å². The molecule has 6 nitrogen and oxygen atoms in total. The summed E-state index contributed by atoms with van der Waals surface area (Å²) in [5.74, 6) is 0. The van der Waals surface area contributed by atoms with E-state index in [4.69, 9.17) is 11.6 Å². The quantitative estimate of drug-likeness (QED) is 0.517. The molecule has 1 aromatic heterocycles. The molecule has 0 radical (unpaired) electrons. The maximum absolute atomic E-state index is 13.6. The Morgan fingerprint density at radius 1 is 1.16 bits per heavy atom. The number of hydrogen-bond acceptors (Lipinski definition) is 4. The third-order valence-corrected chi connectivity index (χ3v) is 5.32. The molecule has 0 saturated heterocycles. The molecule has 0 N–H and O–H groups in total. The van der Waals surface area contributed by atoms with E-state index in [9.17, 15) is 27.9 Å². The number of carbonyl (C=O) groups excluding carboxylic acids is 2. The molecule has 170 valence electrons. The van der Waals surface area contributed by atoms with Crippen molar-refractivity contribution >= 4 is 40.6 Å². The second-order valence-corrected chi connectivity index (χ2v) is 8.82. The Morgan fingerprint density at radius 2 is 1.78 bits per heavy atom. The summed E-state index contributed by atoms with van der Waals surface area (Å²) < 4.78 is 41.9. The van der Waals surface area contributed by atoms with E-state index < -0.39 is 29.8 Å². The molecule has 0 saturated carbocycles. The summed E-state index contributed by atoms with van der Waals surface area (Å²) in [5.41, 5.74) is -2.75. The van der Waals surface area contributed by atoms with Crippen LogP contribution in [0.2, 0.25) is 5.02 Å². The predicted molar refractivity (Wildman–Crippen MR) is 113 cm³/mol. The van der Waals surface area contributed by atoms with Crippen molar-refractivity contribution in [1.82, 2.24) is 9.78 Å². The highest BCUT2D eigenvalue weighted by atomic mass is 35.5. The van der Waals surface area contributed by atoms with Gasteiger partial charge in [0.2, 0.25) is 0 Å². The lowest BCUT2D eigenvalue weighted by Gasteiger charge is -2.38. The van der Waals surface area contributed by atoms with Crippen LogP contribution >= 0.6 is 11.6 Å². The summed E-state index contributed by atoms with van der Waals surface area (Å²) in [4.78, 5) is 25.2. The molecule has 0 bridgehead atoms. The van der Waals surface area contributed by atoms with Gasteiger partial charge in [0, 0.05) is 15.9 Å². The first-order valence-corrected chi connectivity index (χ1v) is 9.95. The number of hydrogen-bond donors (Lipinski definition) is 0. The van der Waals surface area contributed by atoms with E-state index >= 15 is 0 Å². The first-order valence-electron chi connectivity index (χ1n) is 9.58. The number of anilines is 1. The Hall–Kier alpha value is -3.07. The molecule has 32 heavy (non-hydrogen) atoms. The van der Waals surface area contributed by atoms with Gasteiger partial charge in [-0.25, -0.2) is 4.68 Å². The van der Waals surface area contributed by atoms with E-state index in [1.54, 1.807) is 20.8 Å². The van der Waals surface area contributed by atoms with Gasteiger partial charge in [-0.05, 0) is 50.6 Å². The molecule has 10 heteroatoms. The van der Waals surface area contributed by atoms with Crippen LogP contribution in [-0.2, 0) is 10.3 Å². The van der Waals surface area contributed by atoms with Gasteiger partial charge in [-0.2, -0.15) is 18.3 Å². The first kappa shape index (κ1) is 23.6. The fourth-order valence-electron chi connectivity index (χ4n) is 3.79. The average molecular weight is 467 g/mol. The lowest BCUT2D eigenvalue weighted by Crippen LogP contribution is -2.52. The zero-order valence-electron chi connectivity index (χ0n) is 17.5. The van der Waals surface area contributed by atoms with Gasteiger partial charge >= 0.3 is 6.18 Å². The maximum Gasteiger partial charge on any atom is 0.392 e. The molecule has 1 unspecified atom stereocenters. The minimum atomic E-state index is -4.71. The van der Waals surface area contributed by atoms with E-state index in [-0.39, 0.29) is 28.4 Å². The van der Waals surface area contributed by atoms with E-state index in [2.05, 4.69) is 5.10 Å². The lowest BCUT2D eigenvalue weighted by atomic mass is 9.87. The van der Waals surface area contributed by atoms with Crippen molar-refractivity contribution in [3.8, 4) is 0 Å². The summed E-state index contributed by atoms with van der Waals surface area (Å²) in [6.07, 6.45) is -6.26. The third-order valence-electron chi connectivity index (χ3n) is 5.07. The predicted octanol–water partition coefficient (Wildman–Crippen LogP) is 4.53. The number of aromatic nitrogens is 2. The summed E-state index contributed by atoms with van der Waals surface area (Å²) in [6.45, 7) is 4.96. The molecule has 1 atom stereocenters. The van der Waals surface area contributed by atoms with Gasteiger partial charge in [-0.15, -0.1) is 0 Å². The van der Waals surface area contributed by atoms with Crippen molar-refractivity contribution in [2.75, 3.05) is 4.90 Å². The number of halogens is 4. The minimum absolute atomic E-state index is 0.0391. The number of nitrogens with zero attached hydrogens (tertiary/aromatic N) is 3. The molecular weight excluding hydrogens is 447 g/mol. The lowest BCUT2D eigenvalue weighted by molar-refractivity contribution is -0.247. The summed E-state index contributed by atoms with van der Waals surface area (Å²) in [7, 11) is 0. The average Bonchev–Trinajstić information content (AvgIpc) is 3.10. The Morgan fingerprint density at radius 3 is 2.28 bits per heavy atom. The summed E-state index contributed by atoms with van der Waals surface area (Å²) >= 11 is 5.89. The highest BCUT2D eigenvalue weighted by Gasteiger charge is 2.47. The largest absolute Gasteiger partial charge is 0.530 e. The monoisotopic (exact) mass is 466 g/mol. The zero-order valence-corrected chi connectivity index (χ0v) is 18.2. The number of carboxylic acid groups (broad SMARTS) is 1. The highest BCUT2D eigenvalue weighted by Crippen LogP contribution is 2.40. The van der Waals surface area contributed by atoms with Crippen molar-refractivity contribution in [2.45, 2.75) is 44.4 Å². The zero-order chi connectivity index (χ0) is 23.9. The topological polar surface area (TPSA) is 78.3 Å². The van der Waals surface area contributed by atoms with Gasteiger partial charge in [0.05, 0.1) is 23.8 Å². The molecule has 0 spiro atoms. The van der Waals surface area contributed by atoms with E-state index in [0.29, 0.717) is 5.02 Å². The fourth-order valence-corrected chi connectivity index (χ4v) is 3.91. The molecular formula is C22H20ClF3N3O3-. The molecule has 0 aliphatic carbocycles. The Labute approximate surface area is 187 Å². The van der Waals surface area contributed by atoms with Crippen LogP contribution < -0.4 is 10.0 Å². The van der Waals surface area contributed by atoms with Crippen LogP contribution in [0.5, 0.6) is 0 Å². The normalized spacial score (nSPS) is 14.2. The molecule has 0 aliphatic heterocycles. The highest BCUT2D eigenvalue weighted by molar-refractivity contribution is 6.30. The van der Waals surface area contributed by atoms with Crippen molar-refractivity contribution < 1.29 is 27.9 Å². The minimum Gasteiger partial charge on any atom is -0.530 e. The van der Waals surface area contributed by atoms with Crippen LogP contribution in [0.1, 0.15) is 32.8 Å². The Kier molecular flexibility index (Phi) is 5.99. The number of alkyl halides is 3. The summed E-state index contributed by atoms with van der Waals surface area (Å²) in [6, 6.07) is 9.92. The van der Waals surface area contributed by atoms with Crippen molar-refractivity contribution in [2.24, 2.45) is 0 Å². The Balaban J connectivity index is 2.33. The number of benzene rings is 2. The maximum atomic E-state index is 13.6. The van der Waals surface area contributed by atoms with Gasteiger partial charge < -0.3 is 19.6 Å². The smallest absolute Gasteiger partial charge is 0.392 e. The van der Waals surface area contributed by atoms with Crippen molar-refractivity contribution in [1.29, 1.82) is 0 Å². The van der Waals surface area contributed by atoms with Crippen LogP contribution in [0.3, 0.4) is 0 Å². The second kappa shape index (κ2) is 8.12. The number of fused-ring (bicyclic) bond motifs is 1. The van der Waals surface area contributed by atoms with E-state index in [1.807, 2.05) is 0 Å². The SMILES string of the molecule is CC(C)(C)N(C(=O)[O-])c1cccc2c1cnn2C(C=O)(CC(F)(F)F)c1ccc(Cl)cc1. The molecule has 0 fully saturated rings. The standard InChI is InChI=1S/C22H21ClF3N3O3/c1-20(2,3)28(19(31)32)17-5-4-6-18-16(17)11-27-29(18)21(13-30,12-22(24,25)26)14-7-9-15(23)10-8-14/h4-11,13H,12H2,1-3H3,(H,31,32)/p-1. The molecule has 3 aromatic rings. The van der Waals surface area contributed by atoms with E-state index in [0.717, 1.165) is 9.58 Å². The van der Waals surface area contributed by atoms with Gasteiger partial charge in [-0.1, -0.05) is 29.8 Å². The van der Waals surface area contributed by atoms with Crippen LogP contribution in [-0.4, -0.2) is 33.9 Å². The third kappa shape index (κ3) is 4.29. The molecule has 0 aliphatic rings. The second-order valence-electron chi connectivity index (χ2n) is 8.38. The fraction of sp³-hybridized carbons (Fsp3) is 0.318. The van der Waals surface area contributed by atoms with Gasteiger partial charge in [0.1, 0.15) is 6.09 Å². The first-order chi connectivity index (χ1) is 14.8. The molecule has 2 aromatic carbocycles. The molecule has 3 rings (SSSR count). The number of carbonyl (C=O) groups is 2. The number of aldehydes is 1.